The smallest absolute Gasteiger partial charge is 0.262 e. The minimum absolute atomic E-state index is 0.0806. The van der Waals surface area contributed by atoms with Crippen molar-refractivity contribution in [3.8, 4) is 11.5 Å². The van der Waals surface area contributed by atoms with Crippen molar-refractivity contribution in [3.05, 3.63) is 60.3 Å². The van der Waals surface area contributed by atoms with Crippen LogP contribution in [0.5, 0.6) is 11.5 Å². The fourth-order valence-corrected chi connectivity index (χ4v) is 3.68. The molecule has 4 rings (SSSR count). The molecule has 8 heteroatoms. The van der Waals surface area contributed by atoms with Crippen molar-refractivity contribution < 1.29 is 14.3 Å². The van der Waals surface area contributed by atoms with Crippen molar-refractivity contribution in [2.75, 3.05) is 42.3 Å². The molecule has 3 aromatic rings. The molecular formula is C25H29N5O3. The molecule has 1 aromatic heterocycles. The SMILES string of the molecule is COc1ccc(OCC(=O)Nc2ccc(Nc3nc(C)cc(N4CCCCC4)n3)cc2)cc1. The Hall–Kier alpha value is -3.81. The standard InChI is InChI=1S/C25H29N5O3/c1-18-16-23(30-14-4-3-5-15-30)29-25(26-18)28-20-8-6-19(7-9-20)27-24(31)17-33-22-12-10-21(32-2)11-13-22/h6-13,16H,3-5,14-15,17H2,1-2H3,(H,27,31)(H,26,28,29). The molecule has 0 spiro atoms. The van der Waals surface area contributed by atoms with Gasteiger partial charge in [0.1, 0.15) is 17.3 Å². The molecule has 2 N–H and O–H groups in total. The van der Waals surface area contributed by atoms with Gasteiger partial charge in [-0.05, 0) is 74.7 Å². The maximum atomic E-state index is 12.2. The molecule has 2 heterocycles. The Morgan fingerprint density at radius 2 is 1.61 bits per heavy atom. The van der Waals surface area contributed by atoms with Crippen LogP contribution in [0.2, 0.25) is 0 Å². The average Bonchev–Trinajstić information content (AvgIpc) is 2.84. The van der Waals surface area contributed by atoms with Crippen molar-refractivity contribution >= 4 is 29.0 Å². The molecule has 0 unspecified atom stereocenters. The van der Waals surface area contributed by atoms with Crippen LogP contribution < -0.4 is 25.0 Å². The van der Waals surface area contributed by atoms with E-state index in [0.717, 1.165) is 36.0 Å². The lowest BCUT2D eigenvalue weighted by Crippen LogP contribution is -2.30. The Balaban J connectivity index is 1.31. The molecular weight excluding hydrogens is 418 g/mol. The van der Waals surface area contributed by atoms with Crippen LogP contribution in [0, 0.1) is 6.92 Å². The van der Waals surface area contributed by atoms with Gasteiger partial charge in [0.15, 0.2) is 6.61 Å². The first-order valence-electron chi connectivity index (χ1n) is 11.1. The highest BCUT2D eigenvalue weighted by molar-refractivity contribution is 5.92. The van der Waals surface area contributed by atoms with Crippen LogP contribution in [0.1, 0.15) is 25.0 Å². The number of aryl methyl sites for hydroxylation is 1. The number of methoxy groups -OCH3 is 1. The highest BCUT2D eigenvalue weighted by atomic mass is 16.5. The van der Waals surface area contributed by atoms with E-state index in [4.69, 9.17) is 14.5 Å². The highest BCUT2D eigenvalue weighted by Crippen LogP contribution is 2.22. The lowest BCUT2D eigenvalue weighted by atomic mass is 10.1. The number of aromatic nitrogens is 2. The van der Waals surface area contributed by atoms with E-state index >= 15 is 0 Å². The van der Waals surface area contributed by atoms with Gasteiger partial charge in [-0.1, -0.05) is 0 Å². The summed E-state index contributed by atoms with van der Waals surface area (Å²) < 4.78 is 10.6. The summed E-state index contributed by atoms with van der Waals surface area (Å²) in [5, 5.41) is 6.10. The van der Waals surface area contributed by atoms with Crippen LogP contribution in [0.15, 0.2) is 54.6 Å². The fraction of sp³-hybridized carbons (Fsp3) is 0.320. The summed E-state index contributed by atoms with van der Waals surface area (Å²) in [6, 6.07) is 16.5. The molecule has 0 atom stereocenters. The number of anilines is 4. The molecule has 1 amide bonds. The molecule has 0 radical (unpaired) electrons. The number of hydrogen-bond donors (Lipinski definition) is 2. The summed E-state index contributed by atoms with van der Waals surface area (Å²) in [5.41, 5.74) is 2.45. The summed E-state index contributed by atoms with van der Waals surface area (Å²) >= 11 is 0. The van der Waals surface area contributed by atoms with E-state index < -0.39 is 0 Å². The number of ether oxygens (including phenoxy) is 2. The molecule has 1 aliphatic rings. The van der Waals surface area contributed by atoms with Crippen LogP contribution in [-0.4, -0.2) is 42.7 Å². The first-order valence-corrected chi connectivity index (χ1v) is 11.1. The van der Waals surface area contributed by atoms with E-state index in [0.29, 0.717) is 17.4 Å². The predicted octanol–water partition coefficient (Wildman–Crippen LogP) is 4.55. The van der Waals surface area contributed by atoms with Gasteiger partial charge in [-0.25, -0.2) is 4.98 Å². The molecule has 1 fully saturated rings. The van der Waals surface area contributed by atoms with Gasteiger partial charge in [0, 0.05) is 36.2 Å². The van der Waals surface area contributed by atoms with Crippen LogP contribution >= 0.6 is 0 Å². The number of carbonyl (C=O) groups is 1. The largest absolute Gasteiger partial charge is 0.497 e. The molecule has 0 bridgehead atoms. The van der Waals surface area contributed by atoms with Gasteiger partial charge in [-0.15, -0.1) is 0 Å². The van der Waals surface area contributed by atoms with Crippen LogP contribution in [0.4, 0.5) is 23.1 Å². The van der Waals surface area contributed by atoms with Crippen LogP contribution in [-0.2, 0) is 4.79 Å². The Bertz CT molecular complexity index is 1060. The summed E-state index contributed by atoms with van der Waals surface area (Å²) in [7, 11) is 1.60. The summed E-state index contributed by atoms with van der Waals surface area (Å²) in [4.78, 5) is 23.7. The lowest BCUT2D eigenvalue weighted by Gasteiger charge is -2.28. The van der Waals surface area contributed by atoms with E-state index in [-0.39, 0.29) is 12.5 Å². The normalized spacial score (nSPS) is 13.3. The number of carbonyl (C=O) groups excluding carboxylic acids is 1. The van der Waals surface area contributed by atoms with Crippen molar-refractivity contribution in [1.29, 1.82) is 0 Å². The summed E-state index contributed by atoms with van der Waals surface area (Å²) in [6.07, 6.45) is 3.68. The molecule has 33 heavy (non-hydrogen) atoms. The Kier molecular flexibility index (Phi) is 7.24. The first-order chi connectivity index (χ1) is 16.1. The van der Waals surface area contributed by atoms with E-state index in [1.807, 2.05) is 37.3 Å². The Labute approximate surface area is 194 Å². The van der Waals surface area contributed by atoms with Gasteiger partial charge in [0.2, 0.25) is 5.95 Å². The molecule has 1 saturated heterocycles. The van der Waals surface area contributed by atoms with Crippen molar-refractivity contribution in [1.82, 2.24) is 9.97 Å². The number of hydrogen-bond acceptors (Lipinski definition) is 7. The maximum Gasteiger partial charge on any atom is 0.262 e. The minimum Gasteiger partial charge on any atom is -0.497 e. The number of rotatable bonds is 8. The summed E-state index contributed by atoms with van der Waals surface area (Å²) in [6.45, 7) is 3.97. The minimum atomic E-state index is -0.236. The van der Waals surface area contributed by atoms with Gasteiger partial charge in [-0.2, -0.15) is 4.98 Å². The first kappa shape index (κ1) is 22.4. The molecule has 2 aromatic carbocycles. The monoisotopic (exact) mass is 447 g/mol. The number of piperidine rings is 1. The van der Waals surface area contributed by atoms with Gasteiger partial charge in [0.25, 0.3) is 5.91 Å². The van der Waals surface area contributed by atoms with Gasteiger partial charge in [-0.3, -0.25) is 4.79 Å². The Morgan fingerprint density at radius 1 is 0.939 bits per heavy atom. The van der Waals surface area contributed by atoms with E-state index in [1.165, 1.54) is 19.3 Å². The van der Waals surface area contributed by atoms with Gasteiger partial charge in [0.05, 0.1) is 7.11 Å². The van der Waals surface area contributed by atoms with Crippen molar-refractivity contribution in [3.63, 3.8) is 0 Å². The zero-order valence-electron chi connectivity index (χ0n) is 19.0. The highest BCUT2D eigenvalue weighted by Gasteiger charge is 2.14. The molecule has 172 valence electrons. The van der Waals surface area contributed by atoms with Crippen molar-refractivity contribution in [2.45, 2.75) is 26.2 Å². The zero-order valence-corrected chi connectivity index (χ0v) is 19.0. The Morgan fingerprint density at radius 3 is 2.30 bits per heavy atom. The second-order valence-corrected chi connectivity index (χ2v) is 7.95. The molecule has 0 aliphatic carbocycles. The third-order valence-corrected chi connectivity index (χ3v) is 5.37. The fourth-order valence-electron chi connectivity index (χ4n) is 3.68. The number of benzene rings is 2. The number of nitrogens with zero attached hydrogens (tertiary/aromatic N) is 3. The van der Waals surface area contributed by atoms with Crippen molar-refractivity contribution in [2.24, 2.45) is 0 Å². The van der Waals surface area contributed by atoms with Crippen LogP contribution in [0.3, 0.4) is 0 Å². The third kappa shape index (κ3) is 6.35. The lowest BCUT2D eigenvalue weighted by molar-refractivity contribution is -0.118. The van der Waals surface area contributed by atoms with E-state index in [9.17, 15) is 4.79 Å². The number of amides is 1. The third-order valence-electron chi connectivity index (χ3n) is 5.37. The summed E-state index contributed by atoms with van der Waals surface area (Å²) in [5.74, 6) is 2.64. The molecule has 0 saturated carbocycles. The van der Waals surface area contributed by atoms with E-state index in [2.05, 4.69) is 20.5 Å². The molecule has 1 aliphatic heterocycles. The van der Waals surface area contributed by atoms with Crippen LogP contribution in [0.25, 0.3) is 0 Å². The molecule has 8 nitrogen and oxygen atoms in total. The topological polar surface area (TPSA) is 88.6 Å². The maximum absolute atomic E-state index is 12.2. The quantitative estimate of drug-likeness (QED) is 0.524. The number of nitrogens with one attached hydrogen (secondary N) is 2. The second kappa shape index (κ2) is 10.7. The van der Waals surface area contributed by atoms with E-state index in [1.54, 1.807) is 31.4 Å². The predicted molar refractivity (Wildman–Crippen MR) is 130 cm³/mol. The zero-order chi connectivity index (χ0) is 23.0. The van der Waals surface area contributed by atoms with Gasteiger partial charge < -0.3 is 25.0 Å². The van der Waals surface area contributed by atoms with Gasteiger partial charge >= 0.3 is 0 Å². The second-order valence-electron chi connectivity index (χ2n) is 7.95. The average molecular weight is 448 g/mol.